The largest absolute Gasteiger partial charge is 0.383 e. The molecule has 0 fully saturated rings. The van der Waals surface area contributed by atoms with Crippen LogP contribution in [0.25, 0.3) is 0 Å². The summed E-state index contributed by atoms with van der Waals surface area (Å²) in [7, 11) is 3.77. The molecule has 0 aliphatic rings. The number of unbranched alkanes of at least 4 members (excludes halogenated alkanes) is 1. The monoisotopic (exact) mass is 245 g/mol. The van der Waals surface area contributed by atoms with E-state index < -0.39 is 0 Å². The molecule has 0 rings (SSSR count). The molecule has 0 saturated carbocycles. The van der Waals surface area contributed by atoms with Crippen LogP contribution in [0.15, 0.2) is 4.99 Å². The van der Waals surface area contributed by atoms with Crippen molar-refractivity contribution in [3.05, 3.63) is 0 Å². The van der Waals surface area contributed by atoms with Crippen LogP contribution in [0.5, 0.6) is 0 Å². The SMILES string of the molecule is CCCCN=C(NN)NCCN(C)CCOC. The standard InChI is InChI=1S/C11H27N5O/c1-4-5-6-13-11(15-12)14-7-8-16(2)9-10-17-3/h4-10,12H2,1-3H3,(H2,13,14,15). The van der Waals surface area contributed by atoms with Crippen molar-refractivity contribution < 1.29 is 4.74 Å². The van der Waals surface area contributed by atoms with Crippen LogP contribution in [-0.4, -0.2) is 57.8 Å². The van der Waals surface area contributed by atoms with Gasteiger partial charge in [0.05, 0.1) is 6.61 Å². The number of rotatable bonds is 9. The fraction of sp³-hybridized carbons (Fsp3) is 0.909. The Kier molecular flexibility index (Phi) is 11.0. The topological polar surface area (TPSA) is 74.9 Å². The minimum Gasteiger partial charge on any atom is -0.383 e. The van der Waals surface area contributed by atoms with E-state index in [1.54, 1.807) is 7.11 Å². The molecule has 0 radical (unpaired) electrons. The summed E-state index contributed by atoms with van der Waals surface area (Å²) >= 11 is 0. The third-order valence-corrected chi connectivity index (χ3v) is 2.38. The van der Waals surface area contributed by atoms with E-state index in [2.05, 4.69) is 34.6 Å². The molecule has 17 heavy (non-hydrogen) atoms. The molecule has 0 bridgehead atoms. The average Bonchev–Trinajstić information content (AvgIpc) is 2.34. The zero-order chi connectivity index (χ0) is 12.9. The van der Waals surface area contributed by atoms with Crippen LogP contribution in [0.2, 0.25) is 0 Å². The van der Waals surface area contributed by atoms with Crippen molar-refractivity contribution >= 4 is 5.96 Å². The number of hydrazine groups is 1. The molecule has 0 aromatic carbocycles. The van der Waals surface area contributed by atoms with Gasteiger partial charge in [0, 0.05) is 33.3 Å². The highest BCUT2D eigenvalue weighted by molar-refractivity contribution is 5.79. The summed E-state index contributed by atoms with van der Waals surface area (Å²) in [6.45, 7) is 6.37. The second-order valence-electron chi connectivity index (χ2n) is 3.95. The average molecular weight is 245 g/mol. The van der Waals surface area contributed by atoms with Crippen LogP contribution in [0.3, 0.4) is 0 Å². The van der Waals surface area contributed by atoms with Gasteiger partial charge in [0.15, 0.2) is 0 Å². The zero-order valence-electron chi connectivity index (χ0n) is 11.3. The van der Waals surface area contributed by atoms with Gasteiger partial charge >= 0.3 is 0 Å². The summed E-state index contributed by atoms with van der Waals surface area (Å²) in [5.41, 5.74) is 2.57. The van der Waals surface area contributed by atoms with Crippen molar-refractivity contribution in [3.63, 3.8) is 0 Å². The fourth-order valence-corrected chi connectivity index (χ4v) is 1.23. The molecule has 0 aliphatic carbocycles. The second kappa shape index (κ2) is 11.6. The van der Waals surface area contributed by atoms with Crippen LogP contribution >= 0.6 is 0 Å². The Bertz CT molecular complexity index is 198. The maximum absolute atomic E-state index is 5.38. The van der Waals surface area contributed by atoms with Gasteiger partial charge in [0.2, 0.25) is 5.96 Å². The van der Waals surface area contributed by atoms with Gasteiger partial charge in [-0.3, -0.25) is 10.4 Å². The van der Waals surface area contributed by atoms with Crippen molar-refractivity contribution in [2.45, 2.75) is 19.8 Å². The van der Waals surface area contributed by atoms with Crippen molar-refractivity contribution in [2.24, 2.45) is 10.8 Å². The molecular formula is C11H27N5O. The third kappa shape index (κ3) is 10.0. The fourth-order valence-electron chi connectivity index (χ4n) is 1.23. The Morgan fingerprint density at radius 3 is 2.76 bits per heavy atom. The molecule has 6 heteroatoms. The van der Waals surface area contributed by atoms with E-state index in [0.29, 0.717) is 5.96 Å². The van der Waals surface area contributed by atoms with E-state index >= 15 is 0 Å². The van der Waals surface area contributed by atoms with E-state index in [1.165, 1.54) is 0 Å². The van der Waals surface area contributed by atoms with Crippen molar-refractivity contribution in [1.82, 2.24) is 15.6 Å². The van der Waals surface area contributed by atoms with Gasteiger partial charge in [0.1, 0.15) is 0 Å². The summed E-state index contributed by atoms with van der Waals surface area (Å²) in [6.07, 6.45) is 2.22. The number of ether oxygens (including phenoxy) is 1. The van der Waals surface area contributed by atoms with Crippen LogP contribution in [-0.2, 0) is 4.74 Å². The Morgan fingerprint density at radius 1 is 1.41 bits per heavy atom. The normalized spacial score (nSPS) is 11.9. The van der Waals surface area contributed by atoms with Crippen LogP contribution in [0, 0.1) is 0 Å². The van der Waals surface area contributed by atoms with Crippen molar-refractivity contribution in [1.29, 1.82) is 0 Å². The first kappa shape index (κ1) is 16.1. The molecule has 0 spiro atoms. The Hall–Kier alpha value is -0.850. The van der Waals surface area contributed by atoms with Crippen LogP contribution in [0.4, 0.5) is 0 Å². The number of nitrogens with zero attached hydrogens (tertiary/aromatic N) is 2. The Labute approximate surface area is 105 Å². The molecule has 102 valence electrons. The van der Waals surface area contributed by atoms with Gasteiger partial charge in [-0.25, -0.2) is 5.84 Å². The summed E-state index contributed by atoms with van der Waals surface area (Å²) in [5.74, 6) is 6.04. The van der Waals surface area contributed by atoms with E-state index in [4.69, 9.17) is 10.6 Å². The molecule has 6 nitrogen and oxygen atoms in total. The molecule has 0 saturated heterocycles. The van der Waals surface area contributed by atoms with Gasteiger partial charge in [0.25, 0.3) is 0 Å². The van der Waals surface area contributed by atoms with Gasteiger partial charge < -0.3 is 15.0 Å². The highest BCUT2D eigenvalue weighted by Gasteiger charge is 1.99. The molecular weight excluding hydrogens is 218 g/mol. The van der Waals surface area contributed by atoms with Crippen LogP contribution in [0.1, 0.15) is 19.8 Å². The summed E-state index contributed by atoms with van der Waals surface area (Å²) in [4.78, 5) is 6.51. The first-order valence-electron chi connectivity index (χ1n) is 6.17. The number of hydrogen-bond acceptors (Lipinski definition) is 4. The minimum absolute atomic E-state index is 0.665. The van der Waals surface area contributed by atoms with E-state index in [1.807, 2.05) is 0 Å². The predicted molar refractivity (Wildman–Crippen MR) is 71.9 cm³/mol. The zero-order valence-corrected chi connectivity index (χ0v) is 11.3. The predicted octanol–water partition coefficient (Wildman–Crippen LogP) is -0.226. The maximum atomic E-state index is 5.38. The number of guanidine groups is 1. The molecule has 4 N–H and O–H groups in total. The molecule has 0 aliphatic heterocycles. The molecule has 0 heterocycles. The van der Waals surface area contributed by atoms with E-state index in [-0.39, 0.29) is 0 Å². The van der Waals surface area contributed by atoms with Gasteiger partial charge in [-0.2, -0.15) is 0 Å². The number of likely N-dealkylation sites (N-methyl/N-ethyl adjacent to an activating group) is 1. The first-order valence-corrected chi connectivity index (χ1v) is 6.17. The lowest BCUT2D eigenvalue weighted by molar-refractivity contribution is 0.162. The molecule has 0 unspecified atom stereocenters. The lowest BCUT2D eigenvalue weighted by Gasteiger charge is -2.17. The molecule has 0 aromatic heterocycles. The van der Waals surface area contributed by atoms with Crippen molar-refractivity contribution in [2.75, 3.05) is 46.9 Å². The van der Waals surface area contributed by atoms with Gasteiger partial charge in [-0.1, -0.05) is 13.3 Å². The lowest BCUT2D eigenvalue weighted by atomic mass is 10.3. The lowest BCUT2D eigenvalue weighted by Crippen LogP contribution is -2.44. The van der Waals surface area contributed by atoms with Crippen molar-refractivity contribution in [3.8, 4) is 0 Å². The number of hydrogen-bond donors (Lipinski definition) is 3. The molecule has 0 atom stereocenters. The van der Waals surface area contributed by atoms with Crippen LogP contribution < -0.4 is 16.6 Å². The first-order chi connectivity index (χ1) is 8.24. The smallest absolute Gasteiger partial charge is 0.205 e. The number of aliphatic imine (C=N–C) groups is 1. The van der Waals surface area contributed by atoms with E-state index in [0.717, 1.165) is 45.6 Å². The highest BCUT2D eigenvalue weighted by Crippen LogP contribution is 1.86. The Balaban J connectivity index is 3.64. The van der Waals surface area contributed by atoms with E-state index in [9.17, 15) is 0 Å². The quantitative estimate of drug-likeness (QED) is 0.172. The molecule has 0 amide bonds. The summed E-state index contributed by atoms with van der Waals surface area (Å²) < 4.78 is 5.01. The van der Waals surface area contributed by atoms with Gasteiger partial charge in [-0.05, 0) is 13.5 Å². The third-order valence-electron chi connectivity index (χ3n) is 2.38. The number of methoxy groups -OCH3 is 1. The second-order valence-corrected chi connectivity index (χ2v) is 3.95. The minimum atomic E-state index is 0.665. The number of nitrogens with one attached hydrogen (secondary N) is 2. The summed E-state index contributed by atoms with van der Waals surface area (Å²) in [6, 6.07) is 0. The van der Waals surface area contributed by atoms with Gasteiger partial charge in [-0.15, -0.1) is 0 Å². The number of nitrogens with two attached hydrogens (primary N) is 1. The summed E-state index contributed by atoms with van der Waals surface area (Å²) in [5, 5.41) is 3.17. The highest BCUT2D eigenvalue weighted by atomic mass is 16.5. The molecule has 0 aromatic rings. The Morgan fingerprint density at radius 2 is 2.18 bits per heavy atom. The maximum Gasteiger partial charge on any atom is 0.205 e.